The van der Waals surface area contributed by atoms with Crippen LogP contribution in [0.5, 0.6) is 5.75 Å². The average Bonchev–Trinajstić information content (AvgIpc) is 2.37. The fourth-order valence-corrected chi connectivity index (χ4v) is 2.15. The lowest BCUT2D eigenvalue weighted by Gasteiger charge is -2.14. The molecule has 0 aliphatic rings. The van der Waals surface area contributed by atoms with Gasteiger partial charge in [-0.3, -0.25) is 4.79 Å². The Morgan fingerprint density at radius 1 is 1.10 bits per heavy atom. The summed E-state index contributed by atoms with van der Waals surface area (Å²) in [5, 5.41) is 0. The molecule has 0 bridgehead atoms. The van der Waals surface area contributed by atoms with Gasteiger partial charge in [0.15, 0.2) is 6.10 Å². The molecule has 0 radical (unpaired) electrons. The zero-order chi connectivity index (χ0) is 14.7. The maximum Gasteiger partial charge on any atom is 0.202 e. The summed E-state index contributed by atoms with van der Waals surface area (Å²) >= 11 is 3.15. The van der Waals surface area contributed by atoms with Gasteiger partial charge in [0.2, 0.25) is 5.78 Å². The molecule has 0 amide bonds. The Morgan fingerprint density at radius 2 is 1.75 bits per heavy atom. The number of carbonyl (C=O) groups is 1. The number of hydrogen-bond acceptors (Lipinski definition) is 2. The smallest absolute Gasteiger partial charge is 0.202 e. The quantitative estimate of drug-likeness (QED) is 0.772. The van der Waals surface area contributed by atoms with Gasteiger partial charge >= 0.3 is 0 Å². The van der Waals surface area contributed by atoms with E-state index in [4.69, 9.17) is 4.74 Å². The first-order chi connectivity index (χ1) is 9.45. The Morgan fingerprint density at radius 3 is 2.35 bits per heavy atom. The highest BCUT2D eigenvalue weighted by molar-refractivity contribution is 9.10. The van der Waals surface area contributed by atoms with E-state index in [0.29, 0.717) is 10.0 Å². The minimum Gasteiger partial charge on any atom is -0.482 e. The molecule has 1 atom stereocenters. The molecule has 0 N–H and O–H groups in total. The Bertz CT molecular complexity index is 606. The minimum atomic E-state index is -0.797. The molecule has 2 nitrogen and oxygen atoms in total. The zero-order valence-electron chi connectivity index (χ0n) is 10.6. The van der Waals surface area contributed by atoms with Crippen molar-refractivity contribution in [2.75, 3.05) is 0 Å². The van der Waals surface area contributed by atoms with E-state index >= 15 is 0 Å². The maximum absolute atomic E-state index is 13.2. The van der Waals surface area contributed by atoms with Gasteiger partial charge in [-0.05, 0) is 43.3 Å². The maximum atomic E-state index is 13.2. The van der Waals surface area contributed by atoms with Gasteiger partial charge in [-0.15, -0.1) is 0 Å². The molecule has 2 aromatic rings. The van der Waals surface area contributed by atoms with Crippen LogP contribution in [0.25, 0.3) is 0 Å². The number of hydrogen-bond donors (Lipinski definition) is 0. The van der Waals surface area contributed by atoms with E-state index in [-0.39, 0.29) is 11.5 Å². The van der Waals surface area contributed by atoms with Crippen LogP contribution in [0.3, 0.4) is 0 Å². The zero-order valence-corrected chi connectivity index (χ0v) is 12.2. The van der Waals surface area contributed by atoms with E-state index in [1.807, 2.05) is 0 Å². The van der Waals surface area contributed by atoms with Gasteiger partial charge in [-0.1, -0.05) is 15.9 Å². The molecule has 5 heteroatoms. The van der Waals surface area contributed by atoms with Crippen LogP contribution >= 0.6 is 15.9 Å². The van der Waals surface area contributed by atoms with E-state index < -0.39 is 17.7 Å². The van der Waals surface area contributed by atoms with Crippen molar-refractivity contribution < 1.29 is 18.3 Å². The molecule has 0 saturated carbocycles. The average molecular weight is 341 g/mol. The van der Waals surface area contributed by atoms with Gasteiger partial charge in [0.05, 0.1) is 0 Å². The molecule has 104 valence electrons. The molecule has 0 aliphatic heterocycles. The van der Waals surface area contributed by atoms with Crippen LogP contribution < -0.4 is 4.74 Å². The molecule has 20 heavy (non-hydrogen) atoms. The van der Waals surface area contributed by atoms with E-state index in [2.05, 4.69) is 15.9 Å². The van der Waals surface area contributed by atoms with Crippen molar-refractivity contribution in [3.8, 4) is 5.75 Å². The van der Waals surface area contributed by atoms with Gasteiger partial charge in [0.25, 0.3) is 0 Å². The van der Waals surface area contributed by atoms with Crippen molar-refractivity contribution in [2.24, 2.45) is 0 Å². The van der Waals surface area contributed by atoms with Crippen molar-refractivity contribution in [2.45, 2.75) is 13.0 Å². The second-order valence-electron chi connectivity index (χ2n) is 4.24. The molecule has 2 rings (SSSR count). The Kier molecular flexibility index (Phi) is 4.49. The summed E-state index contributed by atoms with van der Waals surface area (Å²) in [5.41, 5.74) is 0.342. The predicted octanol–water partition coefficient (Wildman–Crippen LogP) is 4.38. The normalized spacial score (nSPS) is 12.0. The molecule has 1 unspecified atom stereocenters. The molecule has 0 spiro atoms. The van der Waals surface area contributed by atoms with Gasteiger partial charge in [0, 0.05) is 16.1 Å². The Balaban J connectivity index is 2.13. The van der Waals surface area contributed by atoms with E-state index in [1.165, 1.54) is 36.4 Å². The first-order valence-electron chi connectivity index (χ1n) is 5.88. The molecular formula is C15H11BrF2O2. The van der Waals surface area contributed by atoms with Gasteiger partial charge in [-0.2, -0.15) is 0 Å². The van der Waals surface area contributed by atoms with Crippen molar-refractivity contribution in [1.29, 1.82) is 0 Å². The van der Waals surface area contributed by atoms with Crippen LogP contribution in [0, 0.1) is 11.6 Å². The lowest BCUT2D eigenvalue weighted by atomic mass is 10.1. The fourth-order valence-electron chi connectivity index (χ4n) is 1.70. The fraction of sp³-hybridized carbons (Fsp3) is 0.133. The minimum absolute atomic E-state index is 0.250. The topological polar surface area (TPSA) is 26.3 Å². The number of benzene rings is 2. The standard InChI is InChI=1S/C15H11BrF2O2/c1-9(15(19)10-2-4-12(17)5-3-10)20-14-7-11(16)6-13(18)8-14/h2-9H,1H3. The number of halogens is 3. The van der Waals surface area contributed by atoms with Crippen LogP contribution in [0.15, 0.2) is 46.9 Å². The molecule has 0 fully saturated rings. The van der Waals surface area contributed by atoms with Crippen molar-refractivity contribution >= 4 is 21.7 Å². The summed E-state index contributed by atoms with van der Waals surface area (Å²) in [6, 6.07) is 9.24. The largest absolute Gasteiger partial charge is 0.482 e. The highest BCUT2D eigenvalue weighted by Crippen LogP contribution is 2.22. The highest BCUT2D eigenvalue weighted by Gasteiger charge is 2.17. The molecule has 0 aromatic heterocycles. The number of ketones is 1. The highest BCUT2D eigenvalue weighted by atomic mass is 79.9. The number of ether oxygens (including phenoxy) is 1. The predicted molar refractivity (Wildman–Crippen MR) is 74.9 cm³/mol. The van der Waals surface area contributed by atoms with Gasteiger partial charge in [0.1, 0.15) is 17.4 Å². The summed E-state index contributed by atoms with van der Waals surface area (Å²) in [4.78, 5) is 12.1. The third-order valence-corrected chi connectivity index (χ3v) is 3.10. The third-order valence-electron chi connectivity index (χ3n) is 2.65. The van der Waals surface area contributed by atoms with Crippen LogP contribution in [0.4, 0.5) is 8.78 Å². The Labute approximate surface area is 123 Å². The van der Waals surface area contributed by atoms with Gasteiger partial charge in [-0.25, -0.2) is 8.78 Å². The van der Waals surface area contributed by atoms with E-state index in [0.717, 1.165) is 0 Å². The first kappa shape index (κ1) is 14.7. The summed E-state index contributed by atoms with van der Waals surface area (Å²) in [6.07, 6.45) is -0.797. The second-order valence-corrected chi connectivity index (χ2v) is 5.15. The summed E-state index contributed by atoms with van der Waals surface area (Å²) in [7, 11) is 0. The van der Waals surface area contributed by atoms with Crippen molar-refractivity contribution in [3.05, 3.63) is 64.1 Å². The third kappa shape index (κ3) is 3.63. The number of Topliss-reactive ketones (excluding diaryl/α,β-unsaturated/α-hetero) is 1. The lowest BCUT2D eigenvalue weighted by Crippen LogP contribution is -2.23. The van der Waals surface area contributed by atoms with Crippen LogP contribution in [-0.4, -0.2) is 11.9 Å². The molecule has 0 saturated heterocycles. The van der Waals surface area contributed by atoms with Crippen LogP contribution in [0.2, 0.25) is 0 Å². The lowest BCUT2D eigenvalue weighted by molar-refractivity contribution is 0.0817. The monoisotopic (exact) mass is 340 g/mol. The summed E-state index contributed by atoms with van der Waals surface area (Å²) in [6.45, 7) is 1.56. The number of carbonyl (C=O) groups excluding carboxylic acids is 1. The van der Waals surface area contributed by atoms with Crippen LogP contribution in [0.1, 0.15) is 17.3 Å². The van der Waals surface area contributed by atoms with Crippen molar-refractivity contribution in [3.63, 3.8) is 0 Å². The molecular weight excluding hydrogens is 330 g/mol. The van der Waals surface area contributed by atoms with E-state index in [1.54, 1.807) is 13.0 Å². The number of rotatable bonds is 4. The van der Waals surface area contributed by atoms with Gasteiger partial charge < -0.3 is 4.74 Å². The Hall–Kier alpha value is -1.75. The second kappa shape index (κ2) is 6.13. The summed E-state index contributed by atoms with van der Waals surface area (Å²) in [5.74, 6) is -0.926. The van der Waals surface area contributed by atoms with E-state index in [9.17, 15) is 13.6 Å². The molecule has 0 aliphatic carbocycles. The van der Waals surface area contributed by atoms with Crippen molar-refractivity contribution in [1.82, 2.24) is 0 Å². The molecule has 2 aromatic carbocycles. The summed E-state index contributed by atoms with van der Waals surface area (Å²) < 4.78 is 31.9. The molecule has 0 heterocycles. The van der Waals surface area contributed by atoms with Crippen LogP contribution in [-0.2, 0) is 0 Å². The SMILES string of the molecule is CC(Oc1cc(F)cc(Br)c1)C(=O)c1ccc(F)cc1. The first-order valence-corrected chi connectivity index (χ1v) is 6.67.